The van der Waals surface area contributed by atoms with Crippen LogP contribution in [0.3, 0.4) is 0 Å². The van der Waals surface area contributed by atoms with Gasteiger partial charge in [0.2, 0.25) is 5.91 Å². The van der Waals surface area contributed by atoms with Crippen molar-refractivity contribution in [1.29, 1.82) is 0 Å². The van der Waals surface area contributed by atoms with E-state index in [2.05, 4.69) is 10.1 Å². The SMILES string of the molecule is COC(=O)CCCC(=O)c1cc(C(=O)OC)ccc1NC(=O)CCc1cccc(OCCCCOc2ccccc2)c1. The Balaban J connectivity index is 1.50. The molecule has 3 aromatic carbocycles. The van der Waals surface area contributed by atoms with Crippen LogP contribution < -0.4 is 14.8 Å². The van der Waals surface area contributed by atoms with Crippen molar-refractivity contribution in [3.63, 3.8) is 0 Å². The molecule has 0 radical (unpaired) electrons. The molecule has 9 heteroatoms. The fourth-order valence-corrected chi connectivity index (χ4v) is 4.12. The fraction of sp³-hybridized carbons (Fsp3) is 0.333. The molecular weight excluding hydrogens is 538 g/mol. The predicted octanol–water partition coefficient (Wildman–Crippen LogP) is 5.81. The van der Waals surface area contributed by atoms with Gasteiger partial charge in [0.25, 0.3) is 0 Å². The molecule has 0 aliphatic rings. The summed E-state index contributed by atoms with van der Waals surface area (Å²) in [6.45, 7) is 1.18. The zero-order chi connectivity index (χ0) is 30.2. The van der Waals surface area contributed by atoms with Crippen LogP contribution in [0, 0.1) is 0 Å². The Morgan fingerprint density at radius 3 is 2.12 bits per heavy atom. The second-order valence-corrected chi connectivity index (χ2v) is 9.52. The zero-order valence-electron chi connectivity index (χ0n) is 24.1. The number of amides is 1. The molecule has 3 aromatic rings. The lowest BCUT2D eigenvalue weighted by molar-refractivity contribution is -0.140. The minimum absolute atomic E-state index is 0.0510. The van der Waals surface area contributed by atoms with E-state index in [1.165, 1.54) is 32.4 Å². The lowest BCUT2D eigenvalue weighted by atomic mass is 10.0. The van der Waals surface area contributed by atoms with Crippen LogP contribution in [0.5, 0.6) is 11.5 Å². The highest BCUT2D eigenvalue weighted by atomic mass is 16.5. The minimum atomic E-state index is -0.598. The number of methoxy groups -OCH3 is 2. The number of Topliss-reactive ketones (excluding diaryl/α,β-unsaturated/α-hetero) is 1. The summed E-state index contributed by atoms with van der Waals surface area (Å²) < 4.78 is 21.0. The lowest BCUT2D eigenvalue weighted by Gasteiger charge is -2.13. The van der Waals surface area contributed by atoms with Gasteiger partial charge in [0.15, 0.2) is 5.78 Å². The summed E-state index contributed by atoms with van der Waals surface area (Å²) in [5.41, 5.74) is 1.60. The van der Waals surface area contributed by atoms with E-state index in [4.69, 9.17) is 14.2 Å². The van der Waals surface area contributed by atoms with Gasteiger partial charge in [0, 0.05) is 24.8 Å². The summed E-state index contributed by atoms with van der Waals surface area (Å²) in [4.78, 5) is 49.2. The van der Waals surface area contributed by atoms with Gasteiger partial charge in [0.1, 0.15) is 11.5 Å². The number of hydrogen-bond acceptors (Lipinski definition) is 8. The molecular formula is C33H37NO8. The summed E-state index contributed by atoms with van der Waals surface area (Å²) in [6, 6.07) is 21.7. The summed E-state index contributed by atoms with van der Waals surface area (Å²) in [5, 5.41) is 2.79. The van der Waals surface area contributed by atoms with Gasteiger partial charge in [0.05, 0.1) is 38.7 Å². The van der Waals surface area contributed by atoms with Crippen molar-refractivity contribution in [3.05, 3.63) is 89.5 Å². The molecule has 0 heterocycles. The van der Waals surface area contributed by atoms with Crippen LogP contribution in [-0.2, 0) is 25.5 Å². The first-order chi connectivity index (χ1) is 20.4. The van der Waals surface area contributed by atoms with Crippen molar-refractivity contribution >= 4 is 29.3 Å². The third-order valence-electron chi connectivity index (χ3n) is 6.39. The van der Waals surface area contributed by atoms with E-state index < -0.39 is 11.9 Å². The molecule has 1 amide bonds. The molecule has 0 aliphatic carbocycles. The van der Waals surface area contributed by atoms with Crippen molar-refractivity contribution in [2.24, 2.45) is 0 Å². The normalized spacial score (nSPS) is 10.4. The van der Waals surface area contributed by atoms with Crippen LogP contribution in [0.1, 0.15) is 64.8 Å². The molecule has 0 atom stereocenters. The first-order valence-electron chi connectivity index (χ1n) is 13.9. The number of hydrogen-bond donors (Lipinski definition) is 1. The largest absolute Gasteiger partial charge is 0.494 e. The van der Waals surface area contributed by atoms with Crippen molar-refractivity contribution in [2.45, 2.75) is 44.9 Å². The summed E-state index contributed by atoms with van der Waals surface area (Å²) in [7, 11) is 2.53. The quantitative estimate of drug-likeness (QED) is 0.122. The van der Waals surface area contributed by atoms with E-state index in [1.54, 1.807) is 0 Å². The number of benzene rings is 3. The monoisotopic (exact) mass is 575 g/mol. The number of para-hydroxylation sites is 1. The van der Waals surface area contributed by atoms with E-state index in [1.807, 2.05) is 54.6 Å². The third kappa shape index (κ3) is 10.7. The van der Waals surface area contributed by atoms with Crippen LogP contribution >= 0.6 is 0 Å². The molecule has 0 spiro atoms. The standard InChI is InChI=1S/C33H37NO8/c1-39-32(37)15-9-14-30(35)28-23-25(33(38)40-2)17-18-29(28)34-31(36)19-16-24-10-8-13-27(22-24)42-21-7-6-20-41-26-11-4-3-5-12-26/h3-5,8,10-13,17-18,22-23H,6-7,9,14-16,19-21H2,1-2H3,(H,34,36). The second kappa shape index (κ2) is 17.2. The van der Waals surface area contributed by atoms with Gasteiger partial charge in [-0.15, -0.1) is 0 Å². The van der Waals surface area contributed by atoms with Gasteiger partial charge in [-0.25, -0.2) is 4.79 Å². The Morgan fingerprint density at radius 2 is 1.40 bits per heavy atom. The molecule has 0 saturated carbocycles. The third-order valence-corrected chi connectivity index (χ3v) is 6.39. The average molecular weight is 576 g/mol. The Kier molecular flexibility index (Phi) is 13.1. The molecule has 42 heavy (non-hydrogen) atoms. The van der Waals surface area contributed by atoms with Gasteiger partial charge < -0.3 is 24.3 Å². The zero-order valence-corrected chi connectivity index (χ0v) is 24.1. The average Bonchev–Trinajstić information content (AvgIpc) is 3.02. The van der Waals surface area contributed by atoms with Crippen molar-refractivity contribution < 1.29 is 38.1 Å². The summed E-state index contributed by atoms with van der Waals surface area (Å²) in [5.74, 6) is -0.0193. The molecule has 1 N–H and O–H groups in total. The number of carbonyl (C=O) groups is 4. The number of esters is 2. The number of carbonyl (C=O) groups excluding carboxylic acids is 4. The molecule has 3 rings (SSSR count). The maximum absolute atomic E-state index is 12.9. The number of nitrogens with one attached hydrogen (secondary N) is 1. The second-order valence-electron chi connectivity index (χ2n) is 9.52. The number of rotatable bonds is 17. The van der Waals surface area contributed by atoms with Crippen LogP contribution in [0.25, 0.3) is 0 Å². The van der Waals surface area contributed by atoms with Gasteiger partial charge in [-0.2, -0.15) is 0 Å². The van der Waals surface area contributed by atoms with Crippen LogP contribution in [0.15, 0.2) is 72.8 Å². The molecule has 0 unspecified atom stereocenters. The maximum atomic E-state index is 12.9. The predicted molar refractivity (Wildman–Crippen MR) is 158 cm³/mol. The highest BCUT2D eigenvalue weighted by molar-refractivity contribution is 6.06. The molecule has 0 aromatic heterocycles. The van der Waals surface area contributed by atoms with E-state index in [0.717, 1.165) is 29.9 Å². The fourth-order valence-electron chi connectivity index (χ4n) is 4.12. The number of ketones is 1. The van der Waals surface area contributed by atoms with Gasteiger partial charge >= 0.3 is 11.9 Å². The highest BCUT2D eigenvalue weighted by Crippen LogP contribution is 2.22. The van der Waals surface area contributed by atoms with E-state index >= 15 is 0 Å². The maximum Gasteiger partial charge on any atom is 0.337 e. The van der Waals surface area contributed by atoms with E-state index in [0.29, 0.717) is 25.3 Å². The smallest absolute Gasteiger partial charge is 0.337 e. The first kappa shape index (κ1) is 31.9. The Labute approximate surface area is 246 Å². The lowest BCUT2D eigenvalue weighted by Crippen LogP contribution is -2.16. The number of aryl methyl sites for hydroxylation is 1. The van der Waals surface area contributed by atoms with E-state index in [9.17, 15) is 19.2 Å². The van der Waals surface area contributed by atoms with Crippen molar-refractivity contribution in [3.8, 4) is 11.5 Å². The first-order valence-corrected chi connectivity index (χ1v) is 13.9. The molecule has 9 nitrogen and oxygen atoms in total. The van der Waals surface area contributed by atoms with Crippen molar-refractivity contribution in [2.75, 3.05) is 32.8 Å². The highest BCUT2D eigenvalue weighted by Gasteiger charge is 2.18. The molecule has 0 saturated heterocycles. The van der Waals surface area contributed by atoms with E-state index in [-0.39, 0.29) is 48.5 Å². The number of ether oxygens (including phenoxy) is 4. The molecule has 222 valence electrons. The van der Waals surface area contributed by atoms with Crippen LogP contribution in [0.4, 0.5) is 5.69 Å². The minimum Gasteiger partial charge on any atom is -0.494 e. The number of unbranched alkanes of at least 4 members (excludes halogenated alkanes) is 1. The number of anilines is 1. The Bertz CT molecular complexity index is 1340. The van der Waals surface area contributed by atoms with Crippen LogP contribution in [0.2, 0.25) is 0 Å². The Hall–Kier alpha value is -4.66. The van der Waals surface area contributed by atoms with Gasteiger partial charge in [-0.3, -0.25) is 14.4 Å². The summed E-state index contributed by atoms with van der Waals surface area (Å²) in [6.07, 6.45) is 2.78. The topological polar surface area (TPSA) is 117 Å². The van der Waals surface area contributed by atoms with Crippen LogP contribution in [-0.4, -0.2) is 51.1 Å². The van der Waals surface area contributed by atoms with Crippen molar-refractivity contribution in [1.82, 2.24) is 0 Å². The van der Waals surface area contributed by atoms with Gasteiger partial charge in [-0.05, 0) is 73.7 Å². The molecule has 0 bridgehead atoms. The summed E-state index contributed by atoms with van der Waals surface area (Å²) >= 11 is 0. The Morgan fingerprint density at radius 1 is 0.690 bits per heavy atom. The molecule has 0 aliphatic heterocycles. The van der Waals surface area contributed by atoms with Gasteiger partial charge in [-0.1, -0.05) is 30.3 Å². The molecule has 0 fully saturated rings.